The second-order valence-corrected chi connectivity index (χ2v) is 5.77. The van der Waals surface area contributed by atoms with Crippen molar-refractivity contribution in [3.05, 3.63) is 34.9 Å². The molecule has 0 spiro atoms. The van der Waals surface area contributed by atoms with E-state index in [0.717, 1.165) is 5.56 Å². The van der Waals surface area contributed by atoms with E-state index in [9.17, 15) is 9.59 Å². The molecule has 0 aromatic heterocycles. The van der Waals surface area contributed by atoms with E-state index in [2.05, 4.69) is 10.6 Å². The Morgan fingerprint density at radius 2 is 1.68 bits per heavy atom. The molecule has 0 aliphatic heterocycles. The Bertz CT molecular complexity index is 450. The van der Waals surface area contributed by atoms with Crippen LogP contribution in [0.25, 0.3) is 0 Å². The van der Waals surface area contributed by atoms with E-state index in [1.807, 2.05) is 12.1 Å². The maximum absolute atomic E-state index is 11.6. The van der Waals surface area contributed by atoms with Crippen molar-refractivity contribution in [3.8, 4) is 0 Å². The van der Waals surface area contributed by atoms with Gasteiger partial charge in [-0.2, -0.15) is 0 Å². The van der Waals surface area contributed by atoms with E-state index < -0.39 is 5.41 Å². The number of carbonyl (C=O) groups is 2. The zero-order chi connectivity index (χ0) is 14.5. The first-order valence-corrected chi connectivity index (χ1v) is 6.46. The molecule has 0 aliphatic carbocycles. The lowest BCUT2D eigenvalue weighted by Gasteiger charge is -2.17. The van der Waals surface area contributed by atoms with Crippen molar-refractivity contribution in [3.63, 3.8) is 0 Å². The van der Waals surface area contributed by atoms with Gasteiger partial charge in [-0.25, -0.2) is 0 Å². The number of hydrogen-bond acceptors (Lipinski definition) is 2. The molecule has 2 amide bonds. The van der Waals surface area contributed by atoms with Crippen LogP contribution in [0.5, 0.6) is 0 Å². The molecule has 0 saturated heterocycles. The van der Waals surface area contributed by atoms with Crippen LogP contribution < -0.4 is 10.6 Å². The lowest BCUT2D eigenvalue weighted by molar-refractivity contribution is -0.131. The summed E-state index contributed by atoms with van der Waals surface area (Å²) in [5.74, 6) is -0.360. The number of halogens is 1. The molecule has 0 heterocycles. The van der Waals surface area contributed by atoms with Gasteiger partial charge in [-0.05, 0) is 17.7 Å². The van der Waals surface area contributed by atoms with Gasteiger partial charge >= 0.3 is 0 Å². The smallest absolute Gasteiger partial charge is 0.239 e. The van der Waals surface area contributed by atoms with Crippen LogP contribution in [0.3, 0.4) is 0 Å². The van der Waals surface area contributed by atoms with E-state index in [-0.39, 0.29) is 18.4 Å². The summed E-state index contributed by atoms with van der Waals surface area (Å²) in [6.45, 7) is 5.81. The van der Waals surface area contributed by atoms with E-state index in [1.54, 1.807) is 32.9 Å². The number of nitrogens with one attached hydrogen (secondary N) is 2. The predicted octanol–water partition coefficient (Wildman–Crippen LogP) is 2.12. The molecule has 1 aromatic carbocycles. The van der Waals surface area contributed by atoms with Gasteiger partial charge in [0.15, 0.2) is 0 Å². The van der Waals surface area contributed by atoms with Crippen LogP contribution in [0.4, 0.5) is 0 Å². The molecule has 5 heteroatoms. The molecular weight excluding hydrogens is 264 g/mol. The molecule has 0 saturated carbocycles. The number of rotatable bonds is 4. The summed E-state index contributed by atoms with van der Waals surface area (Å²) < 4.78 is 0. The topological polar surface area (TPSA) is 58.2 Å². The third-order valence-corrected chi connectivity index (χ3v) is 2.75. The summed E-state index contributed by atoms with van der Waals surface area (Å²) in [4.78, 5) is 23.1. The monoisotopic (exact) mass is 282 g/mol. The Morgan fingerprint density at radius 1 is 1.11 bits per heavy atom. The summed E-state index contributed by atoms with van der Waals surface area (Å²) in [5.41, 5.74) is 0.469. The van der Waals surface area contributed by atoms with Gasteiger partial charge in [0.25, 0.3) is 0 Å². The molecule has 19 heavy (non-hydrogen) atoms. The molecule has 4 nitrogen and oxygen atoms in total. The van der Waals surface area contributed by atoms with Crippen LogP contribution >= 0.6 is 11.6 Å². The summed E-state index contributed by atoms with van der Waals surface area (Å²) in [5, 5.41) is 5.98. The molecule has 0 atom stereocenters. The van der Waals surface area contributed by atoms with Crippen LogP contribution in [0.2, 0.25) is 5.02 Å². The number of benzene rings is 1. The fourth-order valence-corrected chi connectivity index (χ4v) is 1.42. The Morgan fingerprint density at radius 3 is 2.21 bits per heavy atom. The van der Waals surface area contributed by atoms with Gasteiger partial charge in [-0.1, -0.05) is 44.5 Å². The molecule has 0 aliphatic rings. The Labute approximate surface area is 118 Å². The zero-order valence-electron chi connectivity index (χ0n) is 11.4. The zero-order valence-corrected chi connectivity index (χ0v) is 12.2. The fraction of sp³-hybridized carbons (Fsp3) is 0.429. The van der Waals surface area contributed by atoms with Crippen LogP contribution in [0, 0.1) is 5.41 Å². The van der Waals surface area contributed by atoms with Gasteiger partial charge < -0.3 is 10.6 Å². The van der Waals surface area contributed by atoms with E-state index in [4.69, 9.17) is 11.6 Å². The molecule has 1 aromatic rings. The molecule has 0 radical (unpaired) electrons. The maximum Gasteiger partial charge on any atom is 0.239 e. The quantitative estimate of drug-likeness (QED) is 0.889. The van der Waals surface area contributed by atoms with Crippen molar-refractivity contribution in [2.75, 3.05) is 6.54 Å². The summed E-state index contributed by atoms with van der Waals surface area (Å²) in [7, 11) is 0. The first-order valence-electron chi connectivity index (χ1n) is 6.08. The highest BCUT2D eigenvalue weighted by Crippen LogP contribution is 2.12. The van der Waals surface area contributed by atoms with Crippen LogP contribution in [-0.2, 0) is 16.1 Å². The third-order valence-electron chi connectivity index (χ3n) is 2.49. The van der Waals surface area contributed by atoms with Crippen LogP contribution in [-0.4, -0.2) is 18.4 Å². The summed E-state index contributed by atoms with van der Waals surface area (Å²) in [6.07, 6.45) is 0. The Kier molecular flexibility index (Phi) is 5.36. The summed E-state index contributed by atoms with van der Waals surface area (Å²) >= 11 is 5.77. The Hall–Kier alpha value is -1.55. The minimum Gasteiger partial charge on any atom is -0.350 e. The highest BCUT2D eigenvalue weighted by Gasteiger charge is 2.21. The van der Waals surface area contributed by atoms with Gasteiger partial charge in [0.1, 0.15) is 0 Å². The van der Waals surface area contributed by atoms with Crippen molar-refractivity contribution in [1.29, 1.82) is 0 Å². The SMILES string of the molecule is CC(C)(C)C(=O)NCC(=O)NCc1ccc(Cl)cc1. The lowest BCUT2D eigenvalue weighted by Crippen LogP contribution is -2.41. The third kappa shape index (κ3) is 5.75. The van der Waals surface area contributed by atoms with Crippen molar-refractivity contribution < 1.29 is 9.59 Å². The van der Waals surface area contributed by atoms with Gasteiger partial charge in [0.05, 0.1) is 6.54 Å². The molecule has 2 N–H and O–H groups in total. The van der Waals surface area contributed by atoms with E-state index in [1.165, 1.54) is 0 Å². The standard InChI is InChI=1S/C14H19ClN2O2/c1-14(2,3)13(19)17-9-12(18)16-8-10-4-6-11(15)7-5-10/h4-7H,8-9H2,1-3H3,(H,16,18)(H,17,19). The number of amides is 2. The first-order chi connectivity index (χ1) is 8.79. The fourth-order valence-electron chi connectivity index (χ4n) is 1.29. The second kappa shape index (κ2) is 6.57. The molecule has 0 bridgehead atoms. The van der Waals surface area contributed by atoms with Crippen molar-refractivity contribution in [2.24, 2.45) is 5.41 Å². The summed E-state index contributed by atoms with van der Waals surface area (Å²) in [6, 6.07) is 7.22. The second-order valence-electron chi connectivity index (χ2n) is 5.34. The lowest BCUT2D eigenvalue weighted by atomic mass is 9.96. The van der Waals surface area contributed by atoms with Gasteiger partial charge in [-0.15, -0.1) is 0 Å². The molecular formula is C14H19ClN2O2. The average molecular weight is 283 g/mol. The van der Waals surface area contributed by atoms with Crippen LogP contribution in [0.1, 0.15) is 26.3 Å². The first kappa shape index (κ1) is 15.5. The highest BCUT2D eigenvalue weighted by atomic mass is 35.5. The largest absolute Gasteiger partial charge is 0.350 e. The van der Waals surface area contributed by atoms with E-state index in [0.29, 0.717) is 11.6 Å². The Balaban J connectivity index is 2.32. The maximum atomic E-state index is 11.6. The van der Waals surface area contributed by atoms with Crippen LogP contribution in [0.15, 0.2) is 24.3 Å². The number of hydrogen-bond donors (Lipinski definition) is 2. The predicted molar refractivity (Wildman–Crippen MR) is 75.8 cm³/mol. The number of carbonyl (C=O) groups excluding carboxylic acids is 2. The molecule has 0 unspecified atom stereocenters. The van der Waals surface area contributed by atoms with Gasteiger partial charge in [0, 0.05) is 17.0 Å². The normalized spacial score (nSPS) is 10.9. The molecule has 1 rings (SSSR count). The van der Waals surface area contributed by atoms with Crippen molar-refractivity contribution >= 4 is 23.4 Å². The van der Waals surface area contributed by atoms with Gasteiger partial charge in [-0.3, -0.25) is 9.59 Å². The van der Waals surface area contributed by atoms with Gasteiger partial charge in [0.2, 0.25) is 11.8 Å². The van der Waals surface area contributed by atoms with Crippen molar-refractivity contribution in [2.45, 2.75) is 27.3 Å². The van der Waals surface area contributed by atoms with Crippen molar-refractivity contribution in [1.82, 2.24) is 10.6 Å². The minimum atomic E-state index is -0.490. The molecule has 104 valence electrons. The average Bonchev–Trinajstić information content (AvgIpc) is 2.34. The molecule has 0 fully saturated rings. The highest BCUT2D eigenvalue weighted by molar-refractivity contribution is 6.30. The minimum absolute atomic E-state index is 0.0102. The van der Waals surface area contributed by atoms with E-state index >= 15 is 0 Å².